The van der Waals surface area contributed by atoms with Crippen LogP contribution in [0.25, 0.3) is 22.3 Å². The van der Waals surface area contributed by atoms with Crippen LogP contribution in [-0.4, -0.2) is 33.8 Å². The smallest absolute Gasteiger partial charge is 0.162 e. The first-order chi connectivity index (χ1) is 11.0. The van der Waals surface area contributed by atoms with Gasteiger partial charge in [0.2, 0.25) is 0 Å². The molecule has 4 nitrogen and oxygen atoms in total. The number of likely N-dealkylation sites (N-methyl/N-ethyl adjacent to an activating group) is 1. The van der Waals surface area contributed by atoms with E-state index in [2.05, 4.69) is 17.2 Å². The van der Waals surface area contributed by atoms with Crippen molar-refractivity contribution in [3.05, 3.63) is 41.1 Å². The molecule has 0 radical (unpaired) electrons. The SMILES string of the molecule is CCN(CC(C)(C)O)c1nc(-c2ccsc2)nc2ccccc12. The molecular formula is C18H21N3OS. The Morgan fingerprint density at radius 2 is 1.96 bits per heavy atom. The molecule has 23 heavy (non-hydrogen) atoms. The third kappa shape index (κ3) is 3.51. The van der Waals surface area contributed by atoms with Crippen LogP contribution in [0.2, 0.25) is 0 Å². The molecule has 1 N–H and O–H groups in total. The first-order valence-corrected chi connectivity index (χ1v) is 8.69. The summed E-state index contributed by atoms with van der Waals surface area (Å²) in [6, 6.07) is 10.1. The van der Waals surface area contributed by atoms with Crippen molar-refractivity contribution in [3.8, 4) is 11.4 Å². The lowest BCUT2D eigenvalue weighted by Gasteiger charge is -2.30. The first kappa shape index (κ1) is 15.9. The summed E-state index contributed by atoms with van der Waals surface area (Å²) in [6.45, 7) is 7.01. The molecule has 0 aliphatic heterocycles. The average Bonchev–Trinajstić information content (AvgIpc) is 3.05. The lowest BCUT2D eigenvalue weighted by atomic mass is 10.1. The van der Waals surface area contributed by atoms with E-state index in [9.17, 15) is 5.11 Å². The van der Waals surface area contributed by atoms with E-state index in [1.807, 2.05) is 49.6 Å². The predicted molar refractivity (Wildman–Crippen MR) is 97.0 cm³/mol. The second-order valence-corrected chi connectivity index (χ2v) is 7.01. The second-order valence-electron chi connectivity index (χ2n) is 6.23. The molecule has 2 heterocycles. The van der Waals surface area contributed by atoms with Crippen molar-refractivity contribution in [1.82, 2.24) is 9.97 Å². The summed E-state index contributed by atoms with van der Waals surface area (Å²) >= 11 is 1.64. The second kappa shape index (κ2) is 6.26. The molecule has 2 aromatic heterocycles. The summed E-state index contributed by atoms with van der Waals surface area (Å²) in [4.78, 5) is 11.6. The third-order valence-electron chi connectivity index (χ3n) is 3.62. The largest absolute Gasteiger partial charge is 0.389 e. The highest BCUT2D eigenvalue weighted by Crippen LogP contribution is 2.29. The Morgan fingerprint density at radius 3 is 2.61 bits per heavy atom. The zero-order valence-corrected chi connectivity index (χ0v) is 14.5. The first-order valence-electron chi connectivity index (χ1n) is 7.74. The Labute approximate surface area is 140 Å². The van der Waals surface area contributed by atoms with Crippen molar-refractivity contribution in [2.24, 2.45) is 0 Å². The van der Waals surface area contributed by atoms with Gasteiger partial charge in [0, 0.05) is 29.4 Å². The van der Waals surface area contributed by atoms with Gasteiger partial charge in [0.25, 0.3) is 0 Å². The number of anilines is 1. The maximum absolute atomic E-state index is 10.2. The monoisotopic (exact) mass is 327 g/mol. The molecule has 5 heteroatoms. The van der Waals surface area contributed by atoms with E-state index in [0.29, 0.717) is 6.54 Å². The van der Waals surface area contributed by atoms with Crippen LogP contribution < -0.4 is 4.90 Å². The molecule has 0 unspecified atom stereocenters. The van der Waals surface area contributed by atoms with E-state index < -0.39 is 5.60 Å². The van der Waals surface area contributed by atoms with Gasteiger partial charge in [-0.15, -0.1) is 0 Å². The molecule has 120 valence electrons. The summed E-state index contributed by atoms with van der Waals surface area (Å²) < 4.78 is 0. The van der Waals surface area contributed by atoms with Crippen LogP contribution in [0.1, 0.15) is 20.8 Å². The Hall–Kier alpha value is -1.98. The highest BCUT2D eigenvalue weighted by molar-refractivity contribution is 7.08. The Bertz CT molecular complexity index is 794. The van der Waals surface area contributed by atoms with Crippen molar-refractivity contribution in [3.63, 3.8) is 0 Å². The summed E-state index contributed by atoms with van der Waals surface area (Å²) in [5, 5.41) is 15.3. The van der Waals surface area contributed by atoms with Gasteiger partial charge in [-0.05, 0) is 44.4 Å². The van der Waals surface area contributed by atoms with Crippen LogP contribution in [0.5, 0.6) is 0 Å². The fourth-order valence-corrected chi connectivity index (χ4v) is 3.26. The lowest BCUT2D eigenvalue weighted by Crippen LogP contribution is -2.39. The van der Waals surface area contributed by atoms with Crippen LogP contribution in [0.4, 0.5) is 5.82 Å². The maximum Gasteiger partial charge on any atom is 0.162 e. The normalized spacial score (nSPS) is 11.8. The van der Waals surface area contributed by atoms with Gasteiger partial charge in [-0.1, -0.05) is 12.1 Å². The van der Waals surface area contributed by atoms with Gasteiger partial charge in [-0.25, -0.2) is 9.97 Å². The molecule has 0 amide bonds. The highest BCUT2D eigenvalue weighted by Gasteiger charge is 2.21. The minimum absolute atomic E-state index is 0.521. The Kier molecular flexibility index (Phi) is 4.33. The molecule has 0 fully saturated rings. The summed E-state index contributed by atoms with van der Waals surface area (Å²) in [6.07, 6.45) is 0. The summed E-state index contributed by atoms with van der Waals surface area (Å²) in [5.74, 6) is 1.61. The zero-order valence-electron chi connectivity index (χ0n) is 13.7. The number of para-hydroxylation sites is 1. The number of aromatic nitrogens is 2. The number of hydrogen-bond donors (Lipinski definition) is 1. The van der Waals surface area contributed by atoms with Gasteiger partial charge >= 0.3 is 0 Å². The molecule has 0 saturated carbocycles. The molecule has 0 bridgehead atoms. The molecule has 0 saturated heterocycles. The summed E-state index contributed by atoms with van der Waals surface area (Å²) in [7, 11) is 0. The molecule has 3 aromatic rings. The van der Waals surface area contributed by atoms with Crippen molar-refractivity contribution in [2.45, 2.75) is 26.4 Å². The molecule has 0 aliphatic rings. The van der Waals surface area contributed by atoms with Crippen molar-refractivity contribution in [2.75, 3.05) is 18.0 Å². The number of hydrogen-bond acceptors (Lipinski definition) is 5. The highest BCUT2D eigenvalue weighted by atomic mass is 32.1. The molecule has 0 aliphatic carbocycles. The van der Waals surface area contributed by atoms with Gasteiger partial charge in [0.15, 0.2) is 5.82 Å². The van der Waals surface area contributed by atoms with Crippen LogP contribution in [0.3, 0.4) is 0 Å². The predicted octanol–water partition coefficient (Wildman–Crippen LogP) is 3.96. The van der Waals surface area contributed by atoms with E-state index >= 15 is 0 Å². The summed E-state index contributed by atoms with van der Waals surface area (Å²) in [5.41, 5.74) is 1.17. The fourth-order valence-electron chi connectivity index (χ4n) is 2.63. The van der Waals surface area contributed by atoms with Crippen LogP contribution >= 0.6 is 11.3 Å². The van der Waals surface area contributed by atoms with E-state index in [1.54, 1.807) is 11.3 Å². The number of benzene rings is 1. The van der Waals surface area contributed by atoms with Gasteiger partial charge < -0.3 is 10.0 Å². The van der Waals surface area contributed by atoms with Gasteiger partial charge in [-0.2, -0.15) is 11.3 Å². The molecule has 0 atom stereocenters. The van der Waals surface area contributed by atoms with Gasteiger partial charge in [0.1, 0.15) is 5.82 Å². The standard InChI is InChI=1S/C18H21N3OS/c1-4-21(12-18(2,3)22)17-14-7-5-6-8-15(14)19-16(20-17)13-9-10-23-11-13/h5-11,22H,4,12H2,1-3H3. The third-order valence-corrected chi connectivity index (χ3v) is 4.30. The van der Waals surface area contributed by atoms with E-state index in [-0.39, 0.29) is 0 Å². The number of aliphatic hydroxyl groups is 1. The lowest BCUT2D eigenvalue weighted by molar-refractivity contribution is 0.0875. The number of nitrogens with zero attached hydrogens (tertiary/aromatic N) is 3. The average molecular weight is 327 g/mol. The fraction of sp³-hybridized carbons (Fsp3) is 0.333. The zero-order chi connectivity index (χ0) is 16.4. The molecule has 1 aromatic carbocycles. The minimum Gasteiger partial charge on any atom is -0.389 e. The van der Waals surface area contributed by atoms with Crippen LogP contribution in [0, 0.1) is 0 Å². The molecular weight excluding hydrogens is 306 g/mol. The van der Waals surface area contributed by atoms with Gasteiger partial charge in [-0.3, -0.25) is 0 Å². The number of fused-ring (bicyclic) bond motifs is 1. The van der Waals surface area contributed by atoms with Crippen LogP contribution in [-0.2, 0) is 0 Å². The minimum atomic E-state index is -0.787. The van der Waals surface area contributed by atoms with Gasteiger partial charge in [0.05, 0.1) is 11.1 Å². The van der Waals surface area contributed by atoms with Crippen molar-refractivity contribution >= 4 is 28.1 Å². The quantitative estimate of drug-likeness (QED) is 0.771. The van der Waals surface area contributed by atoms with E-state index in [1.165, 1.54) is 0 Å². The number of thiophene rings is 1. The number of rotatable bonds is 5. The van der Waals surface area contributed by atoms with E-state index in [0.717, 1.165) is 34.7 Å². The Balaban J connectivity index is 2.17. The molecule has 3 rings (SSSR count). The maximum atomic E-state index is 10.2. The van der Waals surface area contributed by atoms with E-state index in [4.69, 9.17) is 9.97 Å². The van der Waals surface area contributed by atoms with Crippen molar-refractivity contribution in [1.29, 1.82) is 0 Å². The molecule has 0 spiro atoms. The van der Waals surface area contributed by atoms with Crippen LogP contribution in [0.15, 0.2) is 41.1 Å². The topological polar surface area (TPSA) is 49.2 Å². The Morgan fingerprint density at radius 1 is 1.17 bits per heavy atom. The van der Waals surface area contributed by atoms with Crippen molar-refractivity contribution < 1.29 is 5.11 Å².